The molecule has 30 heavy (non-hydrogen) atoms. The van der Waals surface area contributed by atoms with E-state index in [0.29, 0.717) is 5.92 Å². The topological polar surface area (TPSA) is 0 Å². The lowest BCUT2D eigenvalue weighted by Gasteiger charge is -2.29. The van der Waals surface area contributed by atoms with Gasteiger partial charge in [-0.3, -0.25) is 0 Å². The largest absolute Gasteiger partial charge is 0.416 e. The average Bonchev–Trinajstić information content (AvgIpc) is 2.76. The van der Waals surface area contributed by atoms with Crippen LogP contribution in [0.3, 0.4) is 0 Å². The molecule has 3 rings (SSSR count). The van der Waals surface area contributed by atoms with Crippen molar-refractivity contribution >= 4 is 0 Å². The predicted octanol–water partition coefficient (Wildman–Crippen LogP) is 9.40. The molecule has 0 atom stereocenters. The van der Waals surface area contributed by atoms with E-state index in [-0.39, 0.29) is 0 Å². The first-order valence-electron chi connectivity index (χ1n) is 11.7. The van der Waals surface area contributed by atoms with Crippen molar-refractivity contribution in [3.8, 4) is 11.1 Å². The number of hydrogen-bond donors (Lipinski definition) is 0. The second kappa shape index (κ2) is 11.0. The number of alkyl halides is 3. The van der Waals surface area contributed by atoms with Crippen molar-refractivity contribution < 1.29 is 13.2 Å². The van der Waals surface area contributed by atoms with Crippen LogP contribution in [0.25, 0.3) is 11.1 Å². The van der Waals surface area contributed by atoms with E-state index in [0.717, 1.165) is 29.2 Å². The first-order chi connectivity index (χ1) is 14.5. The van der Waals surface area contributed by atoms with E-state index in [1.165, 1.54) is 76.2 Å². The van der Waals surface area contributed by atoms with Crippen LogP contribution < -0.4 is 0 Å². The van der Waals surface area contributed by atoms with Crippen LogP contribution in [-0.2, 0) is 6.18 Å². The standard InChI is InChI=1S/C27H35F3/c1-2-3-4-5-6-7-8-21-9-11-22(12-10-21)23-13-15-24(16-14-23)25-17-19-26(20-18-25)27(28,29)30/h13-22H,2-12H2,1H3. The molecule has 0 N–H and O–H groups in total. The molecule has 0 saturated heterocycles. The third-order valence-electron chi connectivity index (χ3n) is 6.74. The molecule has 0 spiro atoms. The number of hydrogen-bond acceptors (Lipinski definition) is 0. The van der Waals surface area contributed by atoms with Gasteiger partial charge in [-0.05, 0) is 66.3 Å². The first-order valence-corrected chi connectivity index (χ1v) is 11.7. The number of halogens is 3. The second-order valence-electron chi connectivity index (χ2n) is 8.97. The van der Waals surface area contributed by atoms with Crippen molar-refractivity contribution in [3.63, 3.8) is 0 Å². The molecule has 1 saturated carbocycles. The maximum absolute atomic E-state index is 12.7. The molecule has 1 aliphatic carbocycles. The summed E-state index contributed by atoms with van der Waals surface area (Å²) in [4.78, 5) is 0. The minimum absolute atomic E-state index is 0.597. The van der Waals surface area contributed by atoms with Crippen LogP contribution in [0.1, 0.15) is 94.6 Å². The zero-order chi connectivity index (χ0) is 21.4. The molecule has 1 fully saturated rings. The van der Waals surface area contributed by atoms with E-state index >= 15 is 0 Å². The van der Waals surface area contributed by atoms with Crippen LogP contribution in [0.4, 0.5) is 13.2 Å². The normalized spacial score (nSPS) is 19.7. The summed E-state index contributed by atoms with van der Waals surface area (Å²) in [5.41, 5.74) is 2.59. The van der Waals surface area contributed by atoms with Crippen molar-refractivity contribution in [2.24, 2.45) is 5.92 Å². The zero-order valence-electron chi connectivity index (χ0n) is 18.2. The molecular weight excluding hydrogens is 381 g/mol. The Hall–Kier alpha value is -1.77. The Morgan fingerprint density at radius 1 is 0.700 bits per heavy atom. The van der Waals surface area contributed by atoms with Gasteiger partial charge in [-0.1, -0.05) is 88.3 Å². The monoisotopic (exact) mass is 416 g/mol. The van der Waals surface area contributed by atoms with Gasteiger partial charge in [0.1, 0.15) is 0 Å². The highest BCUT2D eigenvalue weighted by Crippen LogP contribution is 2.38. The molecule has 0 aliphatic heterocycles. The molecule has 2 aromatic rings. The van der Waals surface area contributed by atoms with Crippen molar-refractivity contribution in [2.45, 2.75) is 89.6 Å². The van der Waals surface area contributed by atoms with Crippen LogP contribution in [0, 0.1) is 5.92 Å². The average molecular weight is 417 g/mol. The van der Waals surface area contributed by atoms with Gasteiger partial charge < -0.3 is 0 Å². The van der Waals surface area contributed by atoms with Gasteiger partial charge in [0.25, 0.3) is 0 Å². The van der Waals surface area contributed by atoms with Crippen molar-refractivity contribution in [2.75, 3.05) is 0 Å². The molecule has 2 aromatic carbocycles. The van der Waals surface area contributed by atoms with Crippen LogP contribution in [0.15, 0.2) is 48.5 Å². The quantitative estimate of drug-likeness (QED) is 0.357. The summed E-state index contributed by atoms with van der Waals surface area (Å²) >= 11 is 0. The molecule has 1 aliphatic rings. The van der Waals surface area contributed by atoms with E-state index in [1.807, 2.05) is 0 Å². The maximum atomic E-state index is 12.7. The molecule has 0 amide bonds. The number of benzene rings is 2. The molecule has 164 valence electrons. The Balaban J connectivity index is 1.46. The molecule has 0 radical (unpaired) electrons. The highest BCUT2D eigenvalue weighted by atomic mass is 19.4. The summed E-state index contributed by atoms with van der Waals surface area (Å²) in [5.74, 6) is 1.53. The fourth-order valence-electron chi connectivity index (χ4n) is 4.80. The molecular formula is C27H35F3. The summed E-state index contributed by atoms with van der Waals surface area (Å²) in [7, 11) is 0. The third kappa shape index (κ3) is 6.62. The summed E-state index contributed by atoms with van der Waals surface area (Å²) in [6, 6.07) is 13.9. The molecule has 0 unspecified atom stereocenters. The zero-order valence-corrected chi connectivity index (χ0v) is 18.2. The fraction of sp³-hybridized carbons (Fsp3) is 0.556. The van der Waals surface area contributed by atoms with Gasteiger partial charge >= 0.3 is 6.18 Å². The van der Waals surface area contributed by atoms with Crippen LogP contribution >= 0.6 is 0 Å². The second-order valence-corrected chi connectivity index (χ2v) is 8.97. The molecule has 0 nitrogen and oxygen atoms in total. The molecule has 3 heteroatoms. The predicted molar refractivity (Wildman–Crippen MR) is 120 cm³/mol. The molecule has 0 bridgehead atoms. The van der Waals surface area contributed by atoms with Crippen LogP contribution in [0.2, 0.25) is 0 Å². The SMILES string of the molecule is CCCCCCCCC1CCC(c2ccc(-c3ccc(C(F)(F)F)cc3)cc2)CC1. The van der Waals surface area contributed by atoms with Gasteiger partial charge in [-0.15, -0.1) is 0 Å². The fourth-order valence-corrected chi connectivity index (χ4v) is 4.80. The van der Waals surface area contributed by atoms with E-state index < -0.39 is 11.7 Å². The molecule has 0 heterocycles. The minimum Gasteiger partial charge on any atom is -0.166 e. The van der Waals surface area contributed by atoms with Gasteiger partial charge in [0.05, 0.1) is 5.56 Å². The summed E-state index contributed by atoms with van der Waals surface area (Å²) in [6.45, 7) is 2.26. The smallest absolute Gasteiger partial charge is 0.166 e. The van der Waals surface area contributed by atoms with Crippen LogP contribution in [0.5, 0.6) is 0 Å². The van der Waals surface area contributed by atoms with Crippen molar-refractivity contribution in [1.29, 1.82) is 0 Å². The van der Waals surface area contributed by atoms with Gasteiger partial charge in [0, 0.05) is 0 Å². The lowest BCUT2D eigenvalue weighted by molar-refractivity contribution is -0.137. The van der Waals surface area contributed by atoms with Crippen LogP contribution in [-0.4, -0.2) is 0 Å². The Kier molecular flexibility index (Phi) is 8.41. The van der Waals surface area contributed by atoms with Gasteiger partial charge in [0.15, 0.2) is 0 Å². The Bertz CT molecular complexity index is 735. The highest BCUT2D eigenvalue weighted by molar-refractivity contribution is 5.64. The Labute approximate surface area is 179 Å². The number of unbranched alkanes of at least 4 members (excludes halogenated alkanes) is 5. The minimum atomic E-state index is -4.28. The lowest BCUT2D eigenvalue weighted by Crippen LogP contribution is -2.13. The summed E-state index contributed by atoms with van der Waals surface area (Å²) in [5, 5.41) is 0. The maximum Gasteiger partial charge on any atom is 0.416 e. The Morgan fingerprint density at radius 3 is 1.80 bits per heavy atom. The Morgan fingerprint density at radius 2 is 1.23 bits per heavy atom. The van der Waals surface area contributed by atoms with Gasteiger partial charge in [-0.2, -0.15) is 13.2 Å². The van der Waals surface area contributed by atoms with Crippen molar-refractivity contribution in [3.05, 3.63) is 59.7 Å². The highest BCUT2D eigenvalue weighted by Gasteiger charge is 2.30. The van der Waals surface area contributed by atoms with E-state index in [4.69, 9.17) is 0 Å². The van der Waals surface area contributed by atoms with Crippen molar-refractivity contribution in [1.82, 2.24) is 0 Å². The molecule has 0 aromatic heterocycles. The van der Waals surface area contributed by atoms with E-state index in [2.05, 4.69) is 31.2 Å². The first kappa shape index (κ1) is 22.9. The van der Waals surface area contributed by atoms with E-state index in [9.17, 15) is 13.2 Å². The number of rotatable bonds is 9. The van der Waals surface area contributed by atoms with Gasteiger partial charge in [0.2, 0.25) is 0 Å². The lowest BCUT2D eigenvalue weighted by atomic mass is 9.77. The van der Waals surface area contributed by atoms with Gasteiger partial charge in [-0.25, -0.2) is 0 Å². The van der Waals surface area contributed by atoms with E-state index in [1.54, 1.807) is 12.1 Å². The summed E-state index contributed by atoms with van der Waals surface area (Å²) in [6.07, 6.45) is 10.6. The summed E-state index contributed by atoms with van der Waals surface area (Å²) < 4.78 is 38.2. The third-order valence-corrected chi connectivity index (χ3v) is 6.74.